The maximum absolute atomic E-state index is 11.5. The number of esters is 1. The lowest BCUT2D eigenvalue weighted by molar-refractivity contribution is -0.143. The molecule has 0 bridgehead atoms. The second-order valence-corrected chi connectivity index (χ2v) is 8.20. The molecule has 160 valence electrons. The summed E-state index contributed by atoms with van der Waals surface area (Å²) in [7, 11) is 0. The SMILES string of the molecule is O=C1OCCC1Oc1ccc(Cc2cc(C3CC(O)CC(CO)O3)ccc2Cl)cc1. The van der Waals surface area contributed by atoms with E-state index in [9.17, 15) is 15.0 Å². The van der Waals surface area contributed by atoms with Crippen molar-refractivity contribution in [1.82, 2.24) is 0 Å². The first-order valence-corrected chi connectivity index (χ1v) is 10.5. The van der Waals surface area contributed by atoms with Gasteiger partial charge in [0.1, 0.15) is 5.75 Å². The Kier molecular flexibility index (Phi) is 6.58. The van der Waals surface area contributed by atoms with Gasteiger partial charge in [0, 0.05) is 24.3 Å². The van der Waals surface area contributed by atoms with Gasteiger partial charge in [-0.3, -0.25) is 0 Å². The molecule has 2 saturated heterocycles. The van der Waals surface area contributed by atoms with E-state index in [1.807, 2.05) is 42.5 Å². The van der Waals surface area contributed by atoms with E-state index in [1.54, 1.807) is 0 Å². The first-order valence-electron chi connectivity index (χ1n) is 10.2. The quantitative estimate of drug-likeness (QED) is 0.682. The molecule has 0 amide bonds. The normalized spacial score (nSPS) is 26.4. The average molecular weight is 433 g/mol. The van der Waals surface area contributed by atoms with Gasteiger partial charge in [-0.15, -0.1) is 0 Å². The minimum atomic E-state index is -0.532. The van der Waals surface area contributed by atoms with Crippen LogP contribution in [0.3, 0.4) is 0 Å². The predicted octanol–water partition coefficient (Wildman–Crippen LogP) is 3.20. The Balaban J connectivity index is 1.45. The van der Waals surface area contributed by atoms with Crippen LogP contribution < -0.4 is 4.74 Å². The highest BCUT2D eigenvalue weighted by atomic mass is 35.5. The van der Waals surface area contributed by atoms with Crippen LogP contribution >= 0.6 is 11.6 Å². The zero-order chi connectivity index (χ0) is 21.1. The van der Waals surface area contributed by atoms with Gasteiger partial charge >= 0.3 is 5.97 Å². The van der Waals surface area contributed by atoms with E-state index in [2.05, 4.69) is 0 Å². The lowest BCUT2D eigenvalue weighted by Crippen LogP contribution is -2.33. The van der Waals surface area contributed by atoms with Crippen molar-refractivity contribution in [2.24, 2.45) is 0 Å². The number of aliphatic hydroxyl groups excluding tert-OH is 2. The van der Waals surface area contributed by atoms with Crippen LogP contribution in [0.5, 0.6) is 5.75 Å². The third-order valence-corrected chi connectivity index (χ3v) is 5.88. The molecular weight excluding hydrogens is 408 g/mol. The third kappa shape index (κ3) is 4.95. The lowest BCUT2D eigenvalue weighted by Gasteiger charge is -2.32. The van der Waals surface area contributed by atoms with Crippen molar-refractivity contribution < 1.29 is 29.2 Å². The summed E-state index contributed by atoms with van der Waals surface area (Å²) in [5, 5.41) is 20.1. The van der Waals surface area contributed by atoms with Crippen molar-refractivity contribution in [2.75, 3.05) is 13.2 Å². The van der Waals surface area contributed by atoms with E-state index < -0.39 is 12.2 Å². The van der Waals surface area contributed by atoms with Gasteiger partial charge in [0.2, 0.25) is 0 Å². The van der Waals surface area contributed by atoms with Crippen LogP contribution in [0.1, 0.15) is 42.1 Å². The predicted molar refractivity (Wildman–Crippen MR) is 111 cm³/mol. The molecule has 2 aliphatic heterocycles. The molecule has 30 heavy (non-hydrogen) atoms. The molecular formula is C23H25ClO6. The number of cyclic esters (lactones) is 1. The maximum atomic E-state index is 11.5. The molecule has 4 atom stereocenters. The van der Waals surface area contributed by atoms with Gasteiger partial charge in [0.15, 0.2) is 6.10 Å². The Morgan fingerprint density at radius 2 is 1.93 bits per heavy atom. The molecule has 2 N–H and O–H groups in total. The molecule has 2 fully saturated rings. The summed E-state index contributed by atoms with van der Waals surface area (Å²) in [6.45, 7) is 0.290. The molecule has 0 aromatic heterocycles. The highest BCUT2D eigenvalue weighted by Gasteiger charge is 2.30. The lowest BCUT2D eigenvalue weighted by atomic mass is 9.94. The Bertz CT molecular complexity index is 884. The first-order chi connectivity index (χ1) is 14.5. The number of ether oxygens (including phenoxy) is 3. The number of hydrogen-bond donors (Lipinski definition) is 2. The van der Waals surface area contributed by atoms with Crippen LogP contribution in [-0.2, 0) is 20.7 Å². The summed E-state index contributed by atoms with van der Waals surface area (Å²) in [6.07, 6.45) is 0.467. The maximum Gasteiger partial charge on any atom is 0.347 e. The van der Waals surface area contributed by atoms with E-state index in [0.717, 1.165) is 16.7 Å². The second kappa shape index (κ2) is 9.35. The third-order valence-electron chi connectivity index (χ3n) is 5.51. The highest BCUT2D eigenvalue weighted by Crippen LogP contribution is 2.34. The number of halogens is 1. The molecule has 2 heterocycles. The van der Waals surface area contributed by atoms with Crippen LogP contribution in [-0.4, -0.2) is 47.7 Å². The van der Waals surface area contributed by atoms with Crippen molar-refractivity contribution in [3.05, 3.63) is 64.2 Å². The minimum Gasteiger partial charge on any atom is -0.479 e. The van der Waals surface area contributed by atoms with Gasteiger partial charge in [0.25, 0.3) is 0 Å². The topological polar surface area (TPSA) is 85.2 Å². The molecule has 0 aliphatic carbocycles. The summed E-state index contributed by atoms with van der Waals surface area (Å²) in [4.78, 5) is 11.5. The highest BCUT2D eigenvalue weighted by molar-refractivity contribution is 6.31. The Morgan fingerprint density at radius 1 is 1.13 bits per heavy atom. The van der Waals surface area contributed by atoms with Crippen molar-refractivity contribution in [1.29, 1.82) is 0 Å². The molecule has 4 unspecified atom stereocenters. The van der Waals surface area contributed by atoms with Crippen LogP contribution in [0.15, 0.2) is 42.5 Å². The summed E-state index contributed by atoms with van der Waals surface area (Å²) >= 11 is 6.42. The van der Waals surface area contributed by atoms with Gasteiger partial charge in [-0.2, -0.15) is 0 Å². The minimum absolute atomic E-state index is 0.110. The zero-order valence-corrected chi connectivity index (χ0v) is 17.3. The zero-order valence-electron chi connectivity index (χ0n) is 16.5. The molecule has 2 aliphatic rings. The van der Waals surface area contributed by atoms with Crippen LogP contribution in [0.25, 0.3) is 0 Å². The standard InChI is InChI=1S/C23H25ClO6/c24-20-6-3-15(22-12-17(26)11-19(13-25)30-22)10-16(20)9-14-1-4-18(5-2-14)29-21-7-8-28-23(21)27/h1-6,10,17,19,21-22,25-26H,7-9,11-13H2. The van der Waals surface area contributed by atoms with E-state index >= 15 is 0 Å². The number of benzene rings is 2. The Hall–Kier alpha value is -2.12. The van der Waals surface area contributed by atoms with Crippen LogP contribution in [0.4, 0.5) is 0 Å². The monoisotopic (exact) mass is 432 g/mol. The van der Waals surface area contributed by atoms with E-state index in [4.69, 9.17) is 25.8 Å². The fourth-order valence-corrected chi connectivity index (χ4v) is 4.09. The number of hydrogen-bond acceptors (Lipinski definition) is 6. The number of carbonyl (C=O) groups excluding carboxylic acids is 1. The van der Waals surface area contributed by atoms with Crippen molar-refractivity contribution in [2.45, 2.75) is 50.1 Å². The number of rotatable bonds is 6. The fraction of sp³-hybridized carbons (Fsp3) is 0.435. The van der Waals surface area contributed by atoms with Gasteiger partial charge in [-0.25, -0.2) is 4.79 Å². The number of aliphatic hydroxyl groups is 2. The van der Waals surface area contributed by atoms with Gasteiger partial charge in [-0.05, 0) is 41.3 Å². The smallest absolute Gasteiger partial charge is 0.347 e. The molecule has 7 heteroatoms. The molecule has 0 saturated carbocycles. The second-order valence-electron chi connectivity index (χ2n) is 7.79. The molecule has 2 aromatic carbocycles. The molecule has 6 nitrogen and oxygen atoms in total. The molecule has 0 spiro atoms. The molecule has 4 rings (SSSR count). The van der Waals surface area contributed by atoms with E-state index in [-0.39, 0.29) is 24.8 Å². The van der Waals surface area contributed by atoms with Crippen LogP contribution in [0, 0.1) is 0 Å². The summed E-state index contributed by atoms with van der Waals surface area (Å²) in [6, 6.07) is 13.3. The van der Waals surface area contributed by atoms with E-state index in [0.29, 0.717) is 43.1 Å². The first kappa shape index (κ1) is 21.1. The van der Waals surface area contributed by atoms with Gasteiger partial charge < -0.3 is 24.4 Å². The van der Waals surface area contributed by atoms with Crippen molar-refractivity contribution in [3.8, 4) is 5.75 Å². The molecule has 2 aromatic rings. The van der Waals surface area contributed by atoms with Gasteiger partial charge in [-0.1, -0.05) is 35.9 Å². The Morgan fingerprint density at radius 3 is 2.63 bits per heavy atom. The van der Waals surface area contributed by atoms with Crippen molar-refractivity contribution >= 4 is 17.6 Å². The van der Waals surface area contributed by atoms with E-state index in [1.165, 1.54) is 0 Å². The summed E-state index contributed by atoms with van der Waals surface area (Å²) in [5.41, 5.74) is 2.94. The van der Waals surface area contributed by atoms with Gasteiger partial charge in [0.05, 0.1) is 31.5 Å². The fourth-order valence-electron chi connectivity index (χ4n) is 3.91. The van der Waals surface area contributed by atoms with Crippen molar-refractivity contribution in [3.63, 3.8) is 0 Å². The summed E-state index contributed by atoms with van der Waals surface area (Å²) in [5.74, 6) is 0.309. The Labute approximate surface area is 180 Å². The molecule has 0 radical (unpaired) electrons. The summed E-state index contributed by atoms with van der Waals surface area (Å²) < 4.78 is 16.5. The average Bonchev–Trinajstić information content (AvgIpc) is 3.15. The largest absolute Gasteiger partial charge is 0.479 e. The number of carbonyl (C=O) groups is 1. The van der Waals surface area contributed by atoms with Crippen LogP contribution in [0.2, 0.25) is 5.02 Å².